The lowest BCUT2D eigenvalue weighted by Gasteiger charge is -2.24. The molecule has 0 aromatic heterocycles. The maximum atomic E-state index is 11.0. The van der Waals surface area contributed by atoms with Gasteiger partial charge >= 0.3 is 0 Å². The molecule has 1 aliphatic heterocycles. The van der Waals surface area contributed by atoms with Gasteiger partial charge in [0.15, 0.2) is 0 Å². The number of para-hydroxylation sites is 2. The fourth-order valence-corrected chi connectivity index (χ4v) is 1.02. The Morgan fingerprint density at radius 1 is 1.27 bits per heavy atom. The monoisotopic (exact) mass is 149 g/mol. The molecule has 1 aliphatic rings. The summed E-state index contributed by atoms with van der Waals surface area (Å²) in [6.45, 7) is 0. The van der Waals surface area contributed by atoms with Crippen molar-refractivity contribution in [3.05, 3.63) is 36.7 Å². The number of hydrogen-bond donors (Lipinski definition) is 1. The van der Waals surface area contributed by atoms with Crippen LogP contribution in [0, 0.1) is 0 Å². The van der Waals surface area contributed by atoms with Crippen LogP contribution in [0.15, 0.2) is 36.7 Å². The van der Waals surface area contributed by atoms with Crippen LogP contribution in [-0.4, -0.2) is 0 Å². The van der Waals surface area contributed by atoms with Gasteiger partial charge in [0.25, 0.3) is 12.0 Å². The second-order valence-corrected chi connectivity index (χ2v) is 2.24. The van der Waals surface area contributed by atoms with Crippen molar-refractivity contribution in [2.75, 3.05) is 5.32 Å². The molecule has 3 heteroatoms. The van der Waals surface area contributed by atoms with E-state index in [1.807, 2.05) is 18.2 Å². The van der Waals surface area contributed by atoms with Crippen LogP contribution >= 0.6 is 0 Å². The average Bonchev–Trinajstić information content (AvgIpc) is 2.06. The zero-order valence-corrected chi connectivity index (χ0v) is 5.78. The Morgan fingerprint density at radius 3 is 2.91 bits per heavy atom. The summed E-state index contributed by atoms with van der Waals surface area (Å²) in [7, 11) is 0. The molecule has 0 unspecified atom stereocenters. The van der Waals surface area contributed by atoms with Gasteiger partial charge in [-0.25, -0.2) is 0 Å². The van der Waals surface area contributed by atoms with E-state index in [4.69, 9.17) is 0 Å². The molecule has 0 amide bonds. The molecule has 1 aromatic rings. The molecule has 1 aromatic carbocycles. The Bertz CT molecular complexity index is 296. The number of nitrogens with one attached hydrogen (secondary N) is 1. The van der Waals surface area contributed by atoms with Crippen molar-refractivity contribution in [2.24, 2.45) is 0 Å². The largest absolute Gasteiger partial charge is 0.531 e. The third kappa shape index (κ3) is 0.951. The van der Waals surface area contributed by atoms with Crippen molar-refractivity contribution in [3.63, 3.8) is 0 Å². The van der Waals surface area contributed by atoms with Gasteiger partial charge in [0.1, 0.15) is 5.69 Å². The molecule has 0 fully saturated rings. The first kappa shape index (κ1) is 6.24. The average molecular weight is 149 g/mol. The first-order chi connectivity index (χ1) is 5.38. The molecule has 0 atom stereocenters. The van der Waals surface area contributed by atoms with E-state index in [0.29, 0.717) is 5.75 Å². The van der Waals surface area contributed by atoms with Gasteiger partial charge in [-0.15, -0.1) is 0 Å². The molecule has 0 bridgehead atoms. The SMILES string of the molecule is [O-][O+]1C=CNc2ccccc21. The minimum absolute atomic E-state index is 0.579. The maximum absolute atomic E-state index is 11.0. The molecule has 11 heavy (non-hydrogen) atoms. The Kier molecular flexibility index (Phi) is 1.30. The zero-order chi connectivity index (χ0) is 7.68. The normalized spacial score (nSPS) is 14.1. The van der Waals surface area contributed by atoms with Gasteiger partial charge < -0.3 is 15.1 Å². The number of fused-ring (bicyclic) bond motifs is 1. The van der Waals surface area contributed by atoms with Crippen molar-refractivity contribution >= 4 is 5.69 Å². The molecule has 0 saturated carbocycles. The van der Waals surface area contributed by atoms with Crippen LogP contribution in [0.3, 0.4) is 0 Å². The molecule has 1 heterocycles. The van der Waals surface area contributed by atoms with Crippen LogP contribution in [0.4, 0.5) is 5.69 Å². The van der Waals surface area contributed by atoms with Gasteiger partial charge in [-0.2, -0.15) is 0 Å². The third-order valence-corrected chi connectivity index (χ3v) is 1.53. The van der Waals surface area contributed by atoms with Crippen LogP contribution in [0.2, 0.25) is 0 Å². The van der Waals surface area contributed by atoms with Crippen molar-refractivity contribution < 1.29 is 9.78 Å². The number of anilines is 1. The number of benzene rings is 1. The fourth-order valence-electron chi connectivity index (χ4n) is 1.02. The molecule has 0 aliphatic carbocycles. The quantitative estimate of drug-likeness (QED) is 0.443. The summed E-state index contributed by atoms with van der Waals surface area (Å²) >= 11 is 0. The highest BCUT2D eigenvalue weighted by molar-refractivity contribution is 5.59. The minimum Gasteiger partial charge on any atom is -0.531 e. The second kappa shape index (κ2) is 2.29. The molecule has 1 N–H and O–H groups in total. The van der Waals surface area contributed by atoms with Gasteiger partial charge in [-0.05, 0) is 6.07 Å². The van der Waals surface area contributed by atoms with Crippen molar-refractivity contribution in [3.8, 4) is 5.75 Å². The second-order valence-electron chi connectivity index (χ2n) is 2.24. The fraction of sp³-hybridized carbons (Fsp3) is 0. The zero-order valence-electron chi connectivity index (χ0n) is 5.78. The van der Waals surface area contributed by atoms with Crippen LogP contribution in [0.25, 0.3) is 0 Å². The molecule has 0 radical (unpaired) electrons. The van der Waals surface area contributed by atoms with E-state index < -0.39 is 0 Å². The molecule has 2 rings (SSSR count). The van der Waals surface area contributed by atoms with E-state index in [1.54, 1.807) is 16.8 Å². The highest BCUT2D eigenvalue weighted by atomic mass is 17.2. The van der Waals surface area contributed by atoms with Crippen LogP contribution in [-0.2, 0) is 4.52 Å². The van der Waals surface area contributed by atoms with E-state index in [-0.39, 0.29) is 0 Å². The van der Waals surface area contributed by atoms with Crippen LogP contribution in [0.5, 0.6) is 5.75 Å². The topological polar surface area (TPSA) is 37.8 Å². The Balaban J connectivity index is 2.50. The van der Waals surface area contributed by atoms with E-state index in [2.05, 4.69) is 5.32 Å². The molecule has 0 saturated heterocycles. The van der Waals surface area contributed by atoms with Crippen molar-refractivity contribution in [2.45, 2.75) is 0 Å². The summed E-state index contributed by atoms with van der Waals surface area (Å²) in [5, 5.41) is 13.9. The van der Waals surface area contributed by atoms with E-state index >= 15 is 0 Å². The lowest BCUT2D eigenvalue weighted by Crippen LogP contribution is -2.18. The van der Waals surface area contributed by atoms with Crippen LogP contribution in [0.1, 0.15) is 0 Å². The molecule has 0 spiro atoms. The van der Waals surface area contributed by atoms with Gasteiger partial charge in [0.2, 0.25) is 0 Å². The van der Waals surface area contributed by atoms with Crippen molar-refractivity contribution in [1.82, 2.24) is 0 Å². The lowest BCUT2D eigenvalue weighted by atomic mass is 10.3. The van der Waals surface area contributed by atoms with Gasteiger partial charge in [0.05, 0.1) is 6.20 Å². The van der Waals surface area contributed by atoms with E-state index in [1.165, 1.54) is 6.26 Å². The Labute approximate surface area is 64.2 Å². The smallest absolute Gasteiger partial charge is 0.295 e. The first-order valence-corrected chi connectivity index (χ1v) is 3.31. The molecule has 3 nitrogen and oxygen atoms in total. The standard InChI is InChI=1S/C8H7NO2/c10-11-6-5-9-7-3-1-2-4-8(7)11/h1-6,9H. The molecule has 56 valence electrons. The van der Waals surface area contributed by atoms with E-state index in [9.17, 15) is 5.26 Å². The summed E-state index contributed by atoms with van der Waals surface area (Å²) in [6, 6.07) is 7.28. The summed E-state index contributed by atoms with van der Waals surface area (Å²) in [5.41, 5.74) is 0.815. The Morgan fingerprint density at radius 2 is 2.09 bits per heavy atom. The van der Waals surface area contributed by atoms with Gasteiger partial charge in [0, 0.05) is 6.07 Å². The summed E-state index contributed by atoms with van der Waals surface area (Å²) in [4.78, 5) is 0. The predicted octanol–water partition coefficient (Wildman–Crippen LogP) is 1.12. The van der Waals surface area contributed by atoms with E-state index in [0.717, 1.165) is 5.69 Å². The third-order valence-electron chi connectivity index (χ3n) is 1.53. The van der Waals surface area contributed by atoms with Crippen molar-refractivity contribution in [1.29, 1.82) is 0 Å². The predicted molar refractivity (Wildman–Crippen MR) is 39.7 cm³/mol. The highest BCUT2D eigenvalue weighted by Gasteiger charge is 2.11. The first-order valence-electron chi connectivity index (χ1n) is 3.31. The summed E-state index contributed by atoms with van der Waals surface area (Å²) < 4.78 is 1.61. The highest BCUT2D eigenvalue weighted by Crippen LogP contribution is 2.32. The van der Waals surface area contributed by atoms with Gasteiger partial charge in [-0.1, -0.05) is 12.1 Å². The Hall–Kier alpha value is -1.48. The number of hydrogen-bond acceptors (Lipinski definition) is 2. The van der Waals surface area contributed by atoms with Gasteiger partial charge in [-0.3, -0.25) is 0 Å². The summed E-state index contributed by atoms with van der Waals surface area (Å²) in [5.74, 6) is 0.579. The molecular formula is C8H7NO2. The molecular weight excluding hydrogens is 142 g/mol. The number of rotatable bonds is 0. The minimum atomic E-state index is 0.579. The maximum Gasteiger partial charge on any atom is 0.295 e. The summed E-state index contributed by atoms with van der Waals surface area (Å²) in [6.07, 6.45) is 2.95. The van der Waals surface area contributed by atoms with Crippen LogP contribution < -0.4 is 10.6 Å². The lowest BCUT2D eigenvalue weighted by molar-refractivity contribution is -0.741.